The molecule has 0 amide bonds. The van der Waals surface area contributed by atoms with Gasteiger partial charge in [-0.3, -0.25) is 0 Å². The quantitative estimate of drug-likeness (QED) is 0.144. The van der Waals surface area contributed by atoms with Gasteiger partial charge in [-0.25, -0.2) is 9.59 Å². The number of benzene rings is 1. The summed E-state index contributed by atoms with van der Waals surface area (Å²) >= 11 is 0. The lowest BCUT2D eigenvalue weighted by Crippen LogP contribution is -2.20. The number of ether oxygens (including phenoxy) is 9. The number of unbranched alkanes of at least 4 members (excludes halogenated alkanes) is 1. The minimum Gasteiger partial charge on any atom is -0.493 e. The van der Waals surface area contributed by atoms with Gasteiger partial charge in [-0.1, -0.05) is 12.6 Å². The summed E-state index contributed by atoms with van der Waals surface area (Å²) in [5, 5.41) is 0. The van der Waals surface area contributed by atoms with Gasteiger partial charge >= 0.3 is 12.3 Å². The van der Waals surface area contributed by atoms with E-state index in [1.165, 1.54) is 20.3 Å². The van der Waals surface area contributed by atoms with Crippen molar-refractivity contribution in [2.45, 2.75) is 31.5 Å². The average molecular weight is 521 g/mol. The molecule has 2 aliphatic rings. The summed E-state index contributed by atoms with van der Waals surface area (Å²) in [5.41, 5.74) is 1.06. The highest BCUT2D eigenvalue weighted by Crippen LogP contribution is 2.29. The molecule has 2 unspecified atom stereocenters. The Morgan fingerprint density at radius 1 is 1.00 bits per heavy atom. The van der Waals surface area contributed by atoms with Gasteiger partial charge in [0.1, 0.15) is 26.4 Å². The molecular formula is C26H32O11. The number of methoxy groups -OCH3 is 3. The van der Waals surface area contributed by atoms with Crippen molar-refractivity contribution in [3.63, 3.8) is 0 Å². The summed E-state index contributed by atoms with van der Waals surface area (Å²) in [6.45, 7) is 4.29. The van der Waals surface area contributed by atoms with Gasteiger partial charge in [0, 0.05) is 0 Å². The van der Waals surface area contributed by atoms with Crippen LogP contribution in [0.5, 0.6) is 11.5 Å². The smallest absolute Gasteiger partial charge is 0.493 e. The summed E-state index contributed by atoms with van der Waals surface area (Å²) in [4.78, 5) is 22.2. The maximum atomic E-state index is 11.2. The molecule has 0 saturated carbocycles. The molecule has 2 saturated heterocycles. The second-order valence-corrected chi connectivity index (χ2v) is 7.98. The first-order valence-corrected chi connectivity index (χ1v) is 11.7. The topological polar surface area (TPSA) is 117 Å². The van der Waals surface area contributed by atoms with Gasteiger partial charge in [-0.05, 0) is 49.1 Å². The molecule has 3 rings (SSSR count). The van der Waals surface area contributed by atoms with Crippen molar-refractivity contribution in [1.29, 1.82) is 0 Å². The molecule has 2 fully saturated rings. The van der Waals surface area contributed by atoms with Crippen LogP contribution in [0.2, 0.25) is 0 Å². The van der Waals surface area contributed by atoms with Gasteiger partial charge in [-0.15, -0.1) is 0 Å². The van der Waals surface area contributed by atoms with Crippen LogP contribution in [-0.4, -0.2) is 72.3 Å². The van der Waals surface area contributed by atoms with Crippen LogP contribution in [0, 0.1) is 0 Å². The average Bonchev–Trinajstić information content (AvgIpc) is 3.53. The van der Waals surface area contributed by atoms with E-state index in [1.54, 1.807) is 7.11 Å². The highest BCUT2D eigenvalue weighted by atomic mass is 16.8. The number of aryl methyl sites for hydroxylation is 1. The zero-order chi connectivity index (χ0) is 26.6. The van der Waals surface area contributed by atoms with Crippen molar-refractivity contribution < 1.29 is 52.2 Å². The summed E-state index contributed by atoms with van der Waals surface area (Å²) in [5.74, 6) is 2.35. The molecule has 0 bridgehead atoms. The van der Waals surface area contributed by atoms with E-state index in [2.05, 4.69) is 6.58 Å². The van der Waals surface area contributed by atoms with E-state index in [9.17, 15) is 9.59 Å². The van der Waals surface area contributed by atoms with Crippen LogP contribution in [0.3, 0.4) is 0 Å². The summed E-state index contributed by atoms with van der Waals surface area (Å²) in [6, 6.07) is 5.69. The molecular weight excluding hydrogens is 488 g/mol. The molecule has 0 aliphatic carbocycles. The zero-order valence-electron chi connectivity index (χ0n) is 21.2. The molecule has 0 N–H and O–H groups in total. The Kier molecular flexibility index (Phi) is 10.4. The number of hydrogen-bond acceptors (Lipinski definition) is 11. The van der Waals surface area contributed by atoms with Crippen LogP contribution < -0.4 is 9.47 Å². The molecule has 1 aromatic rings. The van der Waals surface area contributed by atoms with Crippen LogP contribution in [-0.2, 0) is 39.6 Å². The van der Waals surface area contributed by atoms with E-state index in [0.29, 0.717) is 35.2 Å². The molecule has 202 valence electrons. The fraction of sp³-hybridized carbons (Fsp3) is 0.462. The van der Waals surface area contributed by atoms with Gasteiger partial charge in [0.05, 0.1) is 21.3 Å². The molecule has 0 radical (unpaired) electrons. The normalized spacial score (nSPS) is 19.6. The number of hydrogen-bond donors (Lipinski definition) is 0. The van der Waals surface area contributed by atoms with Gasteiger partial charge in [-0.2, -0.15) is 0 Å². The van der Waals surface area contributed by atoms with E-state index in [4.69, 9.17) is 42.6 Å². The van der Waals surface area contributed by atoms with Crippen LogP contribution >= 0.6 is 0 Å². The molecule has 37 heavy (non-hydrogen) atoms. The monoisotopic (exact) mass is 520 g/mol. The van der Waals surface area contributed by atoms with Gasteiger partial charge in [0.2, 0.25) is 5.76 Å². The molecule has 11 heteroatoms. The molecule has 0 spiro atoms. The van der Waals surface area contributed by atoms with Crippen molar-refractivity contribution in [2.75, 3.05) is 47.8 Å². The first kappa shape index (κ1) is 27.6. The highest BCUT2D eigenvalue weighted by Gasteiger charge is 2.27. The van der Waals surface area contributed by atoms with Crippen molar-refractivity contribution >= 4 is 12.3 Å². The summed E-state index contributed by atoms with van der Waals surface area (Å²) in [6.07, 6.45) is 3.30. The fourth-order valence-electron chi connectivity index (χ4n) is 3.58. The molecule has 11 nitrogen and oxygen atoms in total. The SMILES string of the molecule is C=C/C(OC)=C(OCC1COC(=O)O1)\C(=C/CCCc1ccc(OCC2COC(=O)O2)c(OC)c1)OC. The van der Waals surface area contributed by atoms with Crippen LogP contribution in [0.4, 0.5) is 9.59 Å². The number of allylic oxidation sites excluding steroid dienone is 2. The second kappa shape index (κ2) is 13.9. The van der Waals surface area contributed by atoms with E-state index in [1.807, 2.05) is 24.3 Å². The van der Waals surface area contributed by atoms with Crippen molar-refractivity contribution in [3.8, 4) is 11.5 Å². The Morgan fingerprint density at radius 2 is 1.70 bits per heavy atom. The standard InChI is InChI=1S/C26H32O11/c1-5-20(29-2)24(33-14-19-16-35-26(28)37-19)22(30-3)9-7-6-8-17-10-11-21(23(12-17)31-4)32-13-18-15-34-25(27)36-18/h5,9-12,18-19H,1,6-8,13-16H2,2-4H3/b22-9+,24-20-. The van der Waals surface area contributed by atoms with Crippen molar-refractivity contribution in [1.82, 2.24) is 0 Å². The van der Waals surface area contributed by atoms with E-state index in [0.717, 1.165) is 18.4 Å². The predicted octanol–water partition coefficient (Wildman–Crippen LogP) is 4.06. The zero-order valence-corrected chi connectivity index (χ0v) is 21.2. The molecule has 0 aromatic heterocycles. The van der Waals surface area contributed by atoms with Crippen LogP contribution in [0.25, 0.3) is 0 Å². The van der Waals surface area contributed by atoms with E-state index >= 15 is 0 Å². The minimum absolute atomic E-state index is 0.0763. The molecule has 2 aliphatic heterocycles. The summed E-state index contributed by atoms with van der Waals surface area (Å²) < 4.78 is 47.5. The lowest BCUT2D eigenvalue weighted by Gasteiger charge is -2.17. The first-order valence-electron chi connectivity index (χ1n) is 11.7. The Hall–Kier alpha value is -4.02. The summed E-state index contributed by atoms with van der Waals surface area (Å²) in [7, 11) is 4.60. The Labute approximate surface area is 215 Å². The third kappa shape index (κ3) is 7.99. The number of cyclic esters (lactones) is 4. The van der Waals surface area contributed by atoms with Crippen molar-refractivity contribution in [3.05, 3.63) is 59.8 Å². The van der Waals surface area contributed by atoms with E-state index in [-0.39, 0.29) is 26.4 Å². The number of carbonyl (C=O) groups is 2. The molecule has 1 aromatic carbocycles. The lowest BCUT2D eigenvalue weighted by molar-refractivity contribution is 0.0661. The first-order chi connectivity index (χ1) is 18.0. The van der Waals surface area contributed by atoms with Gasteiger partial charge in [0.15, 0.2) is 35.2 Å². The Morgan fingerprint density at radius 3 is 2.27 bits per heavy atom. The third-order valence-corrected chi connectivity index (χ3v) is 5.44. The number of rotatable bonds is 15. The fourth-order valence-corrected chi connectivity index (χ4v) is 3.58. The highest BCUT2D eigenvalue weighted by molar-refractivity contribution is 5.62. The molecule has 2 atom stereocenters. The minimum atomic E-state index is -0.720. The van der Waals surface area contributed by atoms with E-state index < -0.39 is 24.5 Å². The number of carbonyl (C=O) groups excluding carboxylic acids is 2. The second-order valence-electron chi connectivity index (χ2n) is 7.98. The maximum Gasteiger partial charge on any atom is 0.508 e. The molecule has 2 heterocycles. The van der Waals surface area contributed by atoms with Gasteiger partial charge < -0.3 is 42.6 Å². The van der Waals surface area contributed by atoms with Gasteiger partial charge in [0.25, 0.3) is 0 Å². The Bertz CT molecular complexity index is 1010. The van der Waals surface area contributed by atoms with Crippen LogP contribution in [0.1, 0.15) is 18.4 Å². The lowest BCUT2D eigenvalue weighted by atomic mass is 10.1. The van der Waals surface area contributed by atoms with Crippen LogP contribution in [0.15, 0.2) is 54.2 Å². The Balaban J connectivity index is 1.56. The largest absolute Gasteiger partial charge is 0.508 e. The predicted molar refractivity (Wildman–Crippen MR) is 129 cm³/mol. The maximum absolute atomic E-state index is 11.2. The third-order valence-electron chi connectivity index (χ3n) is 5.44. The van der Waals surface area contributed by atoms with Crippen molar-refractivity contribution in [2.24, 2.45) is 0 Å².